The zero-order valence-electron chi connectivity index (χ0n) is 34.6. The van der Waals surface area contributed by atoms with Crippen molar-refractivity contribution in [2.75, 3.05) is 13.2 Å². The van der Waals surface area contributed by atoms with Crippen molar-refractivity contribution in [2.45, 2.75) is 203 Å². The molecule has 5 saturated carbocycles. The van der Waals surface area contributed by atoms with E-state index in [-0.39, 0.29) is 39.4 Å². The Bertz CT molecular complexity index is 1510. The van der Waals surface area contributed by atoms with E-state index in [1.807, 2.05) is 13.8 Å². The average Bonchev–Trinajstić information content (AvgIpc) is 3.50. The van der Waals surface area contributed by atoms with Gasteiger partial charge in [0.05, 0.1) is 48.8 Å². The highest BCUT2D eigenvalue weighted by Gasteiger charge is 2.85. The van der Waals surface area contributed by atoms with Crippen LogP contribution < -0.4 is 0 Å². The molecule has 22 atom stereocenters. The van der Waals surface area contributed by atoms with Crippen LogP contribution in [0.2, 0.25) is 0 Å². The third-order valence-corrected chi connectivity index (χ3v) is 18.1. The molecule has 3 aliphatic heterocycles. The van der Waals surface area contributed by atoms with E-state index in [1.165, 1.54) is 0 Å². The molecule has 0 aromatic heterocycles. The van der Waals surface area contributed by atoms with Gasteiger partial charge >= 0.3 is 0 Å². The van der Waals surface area contributed by atoms with Crippen LogP contribution in [0.4, 0.5) is 0 Å². The lowest BCUT2D eigenvalue weighted by atomic mass is 9.41. The van der Waals surface area contributed by atoms with Crippen LogP contribution >= 0.6 is 0 Å². The van der Waals surface area contributed by atoms with Crippen molar-refractivity contribution in [1.82, 2.24) is 0 Å². The normalized spacial score (nSPS) is 58.4. The van der Waals surface area contributed by atoms with Crippen LogP contribution in [0.3, 0.4) is 0 Å². The number of ether oxygens (including phenoxy) is 5. The average molecular weight is 815 g/mol. The minimum Gasteiger partial charge on any atom is -0.394 e. The molecule has 0 aromatic rings. The number of aliphatic hydroxyl groups excluding tert-OH is 10. The van der Waals surface area contributed by atoms with Gasteiger partial charge in [0.15, 0.2) is 12.6 Å². The van der Waals surface area contributed by atoms with Crippen LogP contribution in [-0.4, -0.2) is 161 Å². The maximum atomic E-state index is 12.3. The molecule has 5 aliphatic carbocycles. The molecule has 8 fully saturated rings. The van der Waals surface area contributed by atoms with Gasteiger partial charge in [-0.3, -0.25) is 0 Å². The Morgan fingerprint density at radius 2 is 1.23 bits per heavy atom. The fourth-order valence-corrected chi connectivity index (χ4v) is 15.2. The molecular weight excluding hydrogens is 744 g/mol. The number of aliphatic hydroxyl groups is 10. The standard InChI is InChI=1S/C42H70O15/c1-36(2)24(55-34-30(51)28(49)26(47)21(16-43)53-34)9-11-42-18-41(42)13-12-38(5)33(20(46)15-39(38,6)23(41)14-19(45)32(36)42)40(7)10-8-25(56-40)37(3,4)57-35-31(52)29(50)27(48)22(17-44)54-35/h19-35,43-52H,8-18H2,1-7H3/t19-,20-,21+,22+,23-,24-,25-,26+,27+,28-,29-,30+,31+,32?,33-,34-,35-,38+,39-,40+,41-,42+/m0/s1. The van der Waals surface area contributed by atoms with E-state index in [4.69, 9.17) is 23.7 Å². The lowest BCUT2D eigenvalue weighted by molar-refractivity contribution is -0.334. The third kappa shape index (κ3) is 5.92. The fourth-order valence-electron chi connectivity index (χ4n) is 15.2. The summed E-state index contributed by atoms with van der Waals surface area (Å²) < 4.78 is 31.1. The molecule has 0 radical (unpaired) electrons. The van der Waals surface area contributed by atoms with E-state index < -0.39 is 116 Å². The van der Waals surface area contributed by atoms with Crippen molar-refractivity contribution in [3.63, 3.8) is 0 Å². The van der Waals surface area contributed by atoms with Crippen molar-refractivity contribution < 1.29 is 74.7 Å². The van der Waals surface area contributed by atoms with Gasteiger partial charge in [-0.05, 0) is 117 Å². The first kappa shape index (κ1) is 43.1. The monoisotopic (exact) mass is 814 g/mol. The van der Waals surface area contributed by atoms with Crippen LogP contribution in [0.15, 0.2) is 0 Å². The molecule has 3 heterocycles. The molecule has 0 bridgehead atoms. The molecule has 8 aliphatic rings. The quantitative estimate of drug-likeness (QED) is 0.146. The van der Waals surface area contributed by atoms with Crippen molar-refractivity contribution in [2.24, 2.45) is 44.8 Å². The van der Waals surface area contributed by atoms with Crippen LogP contribution in [0.25, 0.3) is 0 Å². The first-order valence-electron chi connectivity index (χ1n) is 21.5. The second-order valence-electron chi connectivity index (χ2n) is 21.5. The number of fused-ring (bicyclic) bond motifs is 2. The van der Waals surface area contributed by atoms with E-state index in [0.29, 0.717) is 32.1 Å². The molecule has 0 aromatic carbocycles. The Balaban J connectivity index is 0.996. The molecule has 0 amide bonds. The number of hydrogen-bond donors (Lipinski definition) is 10. The van der Waals surface area contributed by atoms with E-state index >= 15 is 0 Å². The lowest BCUT2D eigenvalue weighted by Gasteiger charge is -2.64. The summed E-state index contributed by atoms with van der Waals surface area (Å²) in [5.41, 5.74) is -2.99. The molecule has 57 heavy (non-hydrogen) atoms. The molecule has 8 rings (SSSR count). The van der Waals surface area contributed by atoms with Crippen molar-refractivity contribution in [3.05, 3.63) is 0 Å². The molecule has 2 spiro atoms. The smallest absolute Gasteiger partial charge is 0.187 e. The molecule has 328 valence electrons. The summed E-state index contributed by atoms with van der Waals surface area (Å²) in [4.78, 5) is 0. The highest BCUT2D eigenvalue weighted by molar-refractivity contribution is 5.33. The van der Waals surface area contributed by atoms with E-state index in [9.17, 15) is 51.1 Å². The zero-order chi connectivity index (χ0) is 41.6. The molecule has 15 nitrogen and oxygen atoms in total. The summed E-state index contributed by atoms with van der Waals surface area (Å²) in [5, 5.41) is 107. The zero-order valence-corrected chi connectivity index (χ0v) is 34.6. The predicted octanol–water partition coefficient (Wildman–Crippen LogP) is 0.0850. The van der Waals surface area contributed by atoms with Gasteiger partial charge in [0, 0.05) is 5.92 Å². The molecular formula is C42H70O15. The molecule has 15 heteroatoms. The summed E-state index contributed by atoms with van der Waals surface area (Å²) >= 11 is 0. The van der Waals surface area contributed by atoms with E-state index in [2.05, 4.69) is 34.6 Å². The largest absolute Gasteiger partial charge is 0.394 e. The van der Waals surface area contributed by atoms with Gasteiger partial charge < -0.3 is 74.7 Å². The Morgan fingerprint density at radius 3 is 1.84 bits per heavy atom. The highest BCUT2D eigenvalue weighted by Crippen LogP contribution is 2.89. The first-order chi connectivity index (χ1) is 26.5. The highest BCUT2D eigenvalue weighted by atomic mass is 16.7. The second kappa shape index (κ2) is 14.0. The minimum absolute atomic E-state index is 0.00759. The lowest BCUT2D eigenvalue weighted by Crippen LogP contribution is -2.64. The summed E-state index contributed by atoms with van der Waals surface area (Å²) in [6, 6.07) is 0. The van der Waals surface area contributed by atoms with Crippen LogP contribution in [-0.2, 0) is 23.7 Å². The second-order valence-corrected chi connectivity index (χ2v) is 21.5. The summed E-state index contributed by atoms with van der Waals surface area (Å²) in [5.74, 6) is -0.133. The first-order valence-corrected chi connectivity index (χ1v) is 21.5. The van der Waals surface area contributed by atoms with Crippen LogP contribution in [0.1, 0.15) is 106 Å². The maximum Gasteiger partial charge on any atom is 0.187 e. The third-order valence-electron chi connectivity index (χ3n) is 18.1. The Labute approximate surface area is 335 Å². The Kier molecular flexibility index (Phi) is 10.5. The van der Waals surface area contributed by atoms with Gasteiger partial charge in [-0.15, -0.1) is 0 Å². The summed E-state index contributed by atoms with van der Waals surface area (Å²) in [7, 11) is 0. The van der Waals surface area contributed by atoms with Crippen LogP contribution in [0.5, 0.6) is 0 Å². The Hall–Kier alpha value is -0.600. The topological polar surface area (TPSA) is 248 Å². The Morgan fingerprint density at radius 1 is 0.632 bits per heavy atom. The SMILES string of the molecule is CC(C)(O[C@@H]1O[C@H](CO)[C@@H](O)[C@H](O)[C@H]1O)[C@@H]1CC[C@](C)([C@H]2[C@@H](O)C[C@@]3(C)[C@@H]4C[C@H](O)C5C(C)(C)[C@@H](O[C@@H]6O[C@H](CO)[C@@H](O)[C@H](O)[C@H]6O)CC[C@@]56C[C@@]46CC[C@]23C)O1. The van der Waals surface area contributed by atoms with Crippen molar-refractivity contribution in [3.8, 4) is 0 Å². The van der Waals surface area contributed by atoms with Gasteiger partial charge in [-0.1, -0.05) is 27.7 Å². The van der Waals surface area contributed by atoms with Gasteiger partial charge in [0.25, 0.3) is 0 Å². The summed E-state index contributed by atoms with van der Waals surface area (Å²) in [6.07, 6.45) is -9.12. The molecule has 3 saturated heterocycles. The molecule has 10 N–H and O–H groups in total. The van der Waals surface area contributed by atoms with E-state index in [1.54, 1.807) is 0 Å². The van der Waals surface area contributed by atoms with Crippen molar-refractivity contribution >= 4 is 0 Å². The van der Waals surface area contributed by atoms with Gasteiger partial charge in [-0.2, -0.15) is 0 Å². The fraction of sp³-hybridized carbons (Fsp3) is 1.00. The maximum absolute atomic E-state index is 12.3. The van der Waals surface area contributed by atoms with Gasteiger partial charge in [0.2, 0.25) is 0 Å². The minimum atomic E-state index is -1.56. The van der Waals surface area contributed by atoms with Crippen LogP contribution in [0, 0.1) is 44.8 Å². The van der Waals surface area contributed by atoms with Gasteiger partial charge in [-0.25, -0.2) is 0 Å². The van der Waals surface area contributed by atoms with E-state index in [0.717, 1.165) is 25.7 Å². The summed E-state index contributed by atoms with van der Waals surface area (Å²) in [6.45, 7) is 13.6. The van der Waals surface area contributed by atoms with Gasteiger partial charge in [0.1, 0.15) is 48.8 Å². The number of hydrogen-bond acceptors (Lipinski definition) is 15. The molecule has 1 unspecified atom stereocenters. The number of rotatable bonds is 8. The predicted molar refractivity (Wildman–Crippen MR) is 200 cm³/mol. The van der Waals surface area contributed by atoms with Crippen molar-refractivity contribution in [1.29, 1.82) is 0 Å².